The van der Waals surface area contributed by atoms with Crippen molar-refractivity contribution in [1.29, 1.82) is 0 Å². The highest BCUT2D eigenvalue weighted by atomic mass is 79.9. The number of benzene rings is 2. The first-order chi connectivity index (χ1) is 9.88. The first-order valence-electron chi connectivity index (χ1n) is 6.32. The van der Waals surface area contributed by atoms with Gasteiger partial charge in [-0.25, -0.2) is 4.39 Å². The van der Waals surface area contributed by atoms with Crippen LogP contribution in [0.5, 0.6) is 0 Å². The number of nitro benzene ring substituents is 1. The molecule has 0 aliphatic carbocycles. The fourth-order valence-corrected chi connectivity index (χ4v) is 3.01. The van der Waals surface area contributed by atoms with Gasteiger partial charge in [0, 0.05) is 17.1 Å². The number of rotatable bonds is 4. The third-order valence-corrected chi connectivity index (χ3v) is 3.75. The Morgan fingerprint density at radius 2 is 2.00 bits per heavy atom. The van der Waals surface area contributed by atoms with Crippen molar-refractivity contribution in [3.63, 3.8) is 0 Å². The number of nitrogens with one attached hydrogen (secondary N) is 1. The van der Waals surface area contributed by atoms with Crippen LogP contribution in [0.3, 0.4) is 0 Å². The van der Waals surface area contributed by atoms with E-state index in [4.69, 9.17) is 0 Å². The van der Waals surface area contributed by atoms with Crippen molar-refractivity contribution < 1.29 is 9.31 Å². The van der Waals surface area contributed by atoms with Crippen molar-refractivity contribution in [3.8, 4) is 0 Å². The Hall–Kier alpha value is -1.95. The quantitative estimate of drug-likeness (QED) is 0.639. The molecule has 0 bridgehead atoms. The van der Waals surface area contributed by atoms with Gasteiger partial charge in [-0.2, -0.15) is 0 Å². The zero-order valence-corrected chi connectivity index (χ0v) is 13.2. The molecule has 1 N–H and O–H groups in total. The van der Waals surface area contributed by atoms with E-state index in [2.05, 4.69) is 21.2 Å². The van der Waals surface area contributed by atoms with Crippen LogP contribution in [-0.2, 0) is 6.54 Å². The van der Waals surface area contributed by atoms with Crippen LogP contribution in [0.15, 0.2) is 34.8 Å². The van der Waals surface area contributed by atoms with Gasteiger partial charge >= 0.3 is 0 Å². The number of nitrogens with zero attached hydrogens (tertiary/aromatic N) is 1. The predicted octanol–water partition coefficient (Wildman–Crippen LogP) is 4.73. The lowest BCUT2D eigenvalue weighted by Crippen LogP contribution is -2.05. The van der Waals surface area contributed by atoms with E-state index < -0.39 is 10.7 Å². The highest BCUT2D eigenvalue weighted by Crippen LogP contribution is 2.29. The minimum absolute atomic E-state index is 0.0928. The highest BCUT2D eigenvalue weighted by molar-refractivity contribution is 9.10. The van der Waals surface area contributed by atoms with Crippen LogP contribution >= 0.6 is 15.9 Å². The number of aryl methyl sites for hydroxylation is 2. The average Bonchev–Trinajstić information content (AvgIpc) is 2.37. The smallest absolute Gasteiger partial charge is 0.274 e. The third kappa shape index (κ3) is 3.58. The monoisotopic (exact) mass is 352 g/mol. The molecule has 2 aromatic carbocycles. The summed E-state index contributed by atoms with van der Waals surface area (Å²) >= 11 is 3.46. The van der Waals surface area contributed by atoms with Crippen LogP contribution in [-0.4, -0.2) is 4.92 Å². The van der Waals surface area contributed by atoms with Crippen molar-refractivity contribution >= 4 is 27.3 Å². The Morgan fingerprint density at radius 3 is 2.62 bits per heavy atom. The molecule has 21 heavy (non-hydrogen) atoms. The molecule has 0 aliphatic rings. The molecular formula is C15H14BrFN2O2. The summed E-state index contributed by atoms with van der Waals surface area (Å²) in [7, 11) is 0. The Labute approximate surface area is 130 Å². The second-order valence-electron chi connectivity index (χ2n) is 4.82. The summed E-state index contributed by atoms with van der Waals surface area (Å²) in [6.45, 7) is 4.11. The van der Waals surface area contributed by atoms with Crippen LogP contribution in [0.2, 0.25) is 0 Å². The van der Waals surface area contributed by atoms with Crippen molar-refractivity contribution in [2.24, 2.45) is 0 Å². The lowest BCUT2D eigenvalue weighted by Gasteiger charge is -2.13. The number of hydrogen-bond donors (Lipinski definition) is 1. The van der Waals surface area contributed by atoms with Crippen LogP contribution in [0.4, 0.5) is 15.8 Å². The molecule has 0 spiro atoms. The molecular weight excluding hydrogens is 339 g/mol. The Morgan fingerprint density at radius 1 is 1.29 bits per heavy atom. The Kier molecular flexibility index (Phi) is 4.57. The summed E-state index contributed by atoms with van der Waals surface area (Å²) in [5.41, 5.74) is 3.19. The number of hydrogen-bond acceptors (Lipinski definition) is 3. The van der Waals surface area contributed by atoms with Gasteiger partial charge in [0.2, 0.25) is 0 Å². The average molecular weight is 353 g/mol. The number of halogens is 2. The van der Waals surface area contributed by atoms with Gasteiger partial charge in [-0.3, -0.25) is 10.1 Å². The molecule has 0 aromatic heterocycles. The van der Waals surface area contributed by atoms with Crippen LogP contribution in [0.25, 0.3) is 0 Å². The predicted molar refractivity (Wildman–Crippen MR) is 84.0 cm³/mol. The molecule has 0 atom stereocenters. The molecule has 2 aromatic rings. The van der Waals surface area contributed by atoms with Gasteiger partial charge in [0.15, 0.2) is 0 Å². The van der Waals surface area contributed by atoms with Crippen LogP contribution < -0.4 is 5.32 Å². The molecule has 0 heterocycles. The molecule has 4 nitrogen and oxygen atoms in total. The molecule has 0 saturated carbocycles. The summed E-state index contributed by atoms with van der Waals surface area (Å²) in [5.74, 6) is -0.489. The Balaban J connectivity index is 2.28. The van der Waals surface area contributed by atoms with Gasteiger partial charge in [0.1, 0.15) is 5.82 Å². The zero-order chi connectivity index (χ0) is 15.6. The molecule has 110 valence electrons. The van der Waals surface area contributed by atoms with Crippen molar-refractivity contribution in [1.82, 2.24) is 0 Å². The van der Waals surface area contributed by atoms with E-state index in [1.807, 2.05) is 26.0 Å². The minimum Gasteiger partial charge on any atom is -0.380 e. The zero-order valence-electron chi connectivity index (χ0n) is 11.6. The van der Waals surface area contributed by atoms with Crippen LogP contribution in [0.1, 0.15) is 16.7 Å². The van der Waals surface area contributed by atoms with E-state index in [9.17, 15) is 14.5 Å². The molecule has 0 amide bonds. The van der Waals surface area contributed by atoms with Gasteiger partial charge in [-0.05, 0) is 59.1 Å². The van der Waals surface area contributed by atoms with E-state index in [1.54, 1.807) is 0 Å². The lowest BCUT2D eigenvalue weighted by molar-refractivity contribution is -0.385. The maximum Gasteiger partial charge on any atom is 0.274 e. The standard InChI is InChI=1S/C15H14BrFN2O2/c1-9-5-10(2)15(13(16)6-9)18-8-11-7-12(17)3-4-14(11)19(20)21/h3-7,18H,8H2,1-2H3. The van der Waals surface area contributed by atoms with Gasteiger partial charge in [0.05, 0.1) is 16.2 Å². The van der Waals surface area contributed by atoms with Gasteiger partial charge in [0.25, 0.3) is 5.69 Å². The summed E-state index contributed by atoms with van der Waals surface area (Å²) in [5, 5.41) is 14.1. The van der Waals surface area contributed by atoms with E-state index >= 15 is 0 Å². The molecule has 0 fully saturated rings. The van der Waals surface area contributed by atoms with Crippen molar-refractivity contribution in [2.75, 3.05) is 5.32 Å². The van der Waals surface area contributed by atoms with Crippen molar-refractivity contribution in [2.45, 2.75) is 20.4 Å². The number of anilines is 1. The largest absolute Gasteiger partial charge is 0.380 e. The molecule has 2 rings (SSSR count). The second-order valence-corrected chi connectivity index (χ2v) is 5.68. The maximum absolute atomic E-state index is 13.3. The molecule has 0 saturated heterocycles. The summed E-state index contributed by atoms with van der Waals surface area (Å²) < 4.78 is 14.2. The fraction of sp³-hybridized carbons (Fsp3) is 0.200. The maximum atomic E-state index is 13.3. The van der Waals surface area contributed by atoms with E-state index in [1.165, 1.54) is 12.1 Å². The molecule has 0 radical (unpaired) electrons. The van der Waals surface area contributed by atoms with E-state index in [0.717, 1.165) is 27.4 Å². The first-order valence-corrected chi connectivity index (χ1v) is 7.11. The highest BCUT2D eigenvalue weighted by Gasteiger charge is 2.15. The van der Waals surface area contributed by atoms with E-state index in [-0.39, 0.29) is 12.2 Å². The van der Waals surface area contributed by atoms with Gasteiger partial charge in [-0.1, -0.05) is 6.07 Å². The van der Waals surface area contributed by atoms with Crippen LogP contribution in [0, 0.1) is 29.8 Å². The fourth-order valence-electron chi connectivity index (χ4n) is 2.20. The van der Waals surface area contributed by atoms with E-state index in [0.29, 0.717) is 5.56 Å². The molecule has 0 unspecified atom stereocenters. The molecule has 6 heteroatoms. The normalized spacial score (nSPS) is 10.5. The van der Waals surface area contributed by atoms with Crippen molar-refractivity contribution in [3.05, 3.63) is 67.4 Å². The topological polar surface area (TPSA) is 55.2 Å². The number of nitro groups is 1. The first kappa shape index (κ1) is 15.4. The lowest BCUT2D eigenvalue weighted by atomic mass is 10.1. The molecule has 0 aliphatic heterocycles. The summed E-state index contributed by atoms with van der Waals surface area (Å²) in [4.78, 5) is 10.5. The summed E-state index contributed by atoms with van der Waals surface area (Å²) in [6.07, 6.45) is 0. The third-order valence-electron chi connectivity index (χ3n) is 3.13. The van der Waals surface area contributed by atoms with Gasteiger partial charge in [-0.15, -0.1) is 0 Å². The Bertz CT molecular complexity index is 681. The van der Waals surface area contributed by atoms with Gasteiger partial charge < -0.3 is 5.32 Å². The second kappa shape index (κ2) is 6.22. The summed E-state index contributed by atoms with van der Waals surface area (Å²) in [6, 6.07) is 7.42. The minimum atomic E-state index is -0.506. The SMILES string of the molecule is Cc1cc(C)c(NCc2cc(F)ccc2[N+](=O)[O-])c(Br)c1.